The van der Waals surface area contributed by atoms with E-state index in [9.17, 15) is 14.4 Å². The van der Waals surface area contributed by atoms with Crippen LogP contribution in [0.2, 0.25) is 5.02 Å². The van der Waals surface area contributed by atoms with Crippen LogP contribution in [0.25, 0.3) is 0 Å². The first-order chi connectivity index (χ1) is 12.3. The number of nitriles is 1. The van der Waals surface area contributed by atoms with E-state index >= 15 is 0 Å². The van der Waals surface area contributed by atoms with Crippen LogP contribution in [0, 0.1) is 23.1 Å². The summed E-state index contributed by atoms with van der Waals surface area (Å²) in [5, 5.41) is 9.46. The lowest BCUT2D eigenvalue weighted by molar-refractivity contribution is -0.139. The molecule has 0 saturated carbocycles. The molecule has 1 unspecified atom stereocenters. The highest BCUT2D eigenvalue weighted by molar-refractivity contribution is 6.31. The summed E-state index contributed by atoms with van der Waals surface area (Å²) in [5.74, 6) is -0.576. The lowest BCUT2D eigenvalue weighted by Gasteiger charge is -2.27. The Bertz CT molecular complexity index is 813. The summed E-state index contributed by atoms with van der Waals surface area (Å²) in [7, 11) is 1.57. The Labute approximate surface area is 157 Å². The van der Waals surface area contributed by atoms with Gasteiger partial charge in [-0.25, -0.2) is 4.39 Å². The first-order valence-corrected chi connectivity index (χ1v) is 8.56. The van der Waals surface area contributed by atoms with Gasteiger partial charge in [-0.1, -0.05) is 43.6 Å². The Morgan fingerprint density at radius 2 is 1.96 bits per heavy atom. The normalized spacial score (nSPS) is 11.7. The molecule has 0 aliphatic rings. The van der Waals surface area contributed by atoms with E-state index in [0.29, 0.717) is 11.3 Å². The molecule has 0 radical (unpaired) electrons. The Morgan fingerprint density at radius 1 is 1.27 bits per heavy atom. The van der Waals surface area contributed by atoms with Crippen molar-refractivity contribution in [3.63, 3.8) is 0 Å². The molecule has 6 heteroatoms. The van der Waals surface area contributed by atoms with E-state index in [4.69, 9.17) is 16.3 Å². The average molecular weight is 375 g/mol. The monoisotopic (exact) mass is 374 g/mol. The summed E-state index contributed by atoms with van der Waals surface area (Å²) in [6, 6.07) is 13.2. The van der Waals surface area contributed by atoms with Crippen molar-refractivity contribution in [1.82, 2.24) is 4.90 Å². The molecule has 0 heterocycles. The molecule has 1 atom stereocenters. The van der Waals surface area contributed by atoms with Gasteiger partial charge in [-0.05, 0) is 30.2 Å². The first kappa shape index (κ1) is 19.7. The quantitative estimate of drug-likeness (QED) is 0.752. The predicted octanol–water partition coefficient (Wildman–Crippen LogP) is 4.41. The maximum Gasteiger partial charge on any atom is 0.263 e. The highest BCUT2D eigenvalue weighted by Gasteiger charge is 2.28. The molecule has 2 rings (SSSR count). The van der Waals surface area contributed by atoms with Gasteiger partial charge in [0.05, 0.1) is 5.56 Å². The number of para-hydroxylation sites is 1. The molecule has 136 valence electrons. The SMILES string of the molecule is CC(C)C(Oc1ccccc1C#N)C(=O)N(C)Cc1c(F)cccc1Cl. The Hall–Kier alpha value is -2.58. The third-order valence-corrected chi connectivity index (χ3v) is 4.30. The summed E-state index contributed by atoms with van der Waals surface area (Å²) in [6.45, 7) is 3.72. The Kier molecular flexibility index (Phi) is 6.59. The third kappa shape index (κ3) is 4.53. The molecular weight excluding hydrogens is 355 g/mol. The van der Waals surface area contributed by atoms with Crippen LogP contribution >= 0.6 is 11.6 Å². The number of hydrogen-bond acceptors (Lipinski definition) is 3. The maximum absolute atomic E-state index is 14.0. The van der Waals surface area contributed by atoms with Crippen molar-refractivity contribution in [3.05, 3.63) is 64.4 Å². The average Bonchev–Trinajstić information content (AvgIpc) is 2.62. The number of likely N-dealkylation sites (N-methyl/N-ethyl adjacent to an activating group) is 1. The number of nitrogens with zero attached hydrogens (tertiary/aromatic N) is 2. The van der Waals surface area contributed by atoms with Crippen molar-refractivity contribution >= 4 is 17.5 Å². The van der Waals surface area contributed by atoms with Crippen LogP contribution in [0.1, 0.15) is 25.0 Å². The van der Waals surface area contributed by atoms with Gasteiger partial charge in [-0.15, -0.1) is 0 Å². The lowest BCUT2D eigenvalue weighted by Crippen LogP contribution is -2.42. The van der Waals surface area contributed by atoms with Crippen molar-refractivity contribution in [2.24, 2.45) is 5.92 Å². The van der Waals surface area contributed by atoms with Gasteiger partial charge in [0.25, 0.3) is 5.91 Å². The van der Waals surface area contributed by atoms with Crippen molar-refractivity contribution in [1.29, 1.82) is 5.26 Å². The number of ether oxygens (including phenoxy) is 1. The molecule has 2 aromatic rings. The number of carbonyl (C=O) groups excluding carboxylic acids is 1. The highest BCUT2D eigenvalue weighted by atomic mass is 35.5. The topological polar surface area (TPSA) is 53.3 Å². The van der Waals surface area contributed by atoms with Gasteiger partial charge >= 0.3 is 0 Å². The molecule has 26 heavy (non-hydrogen) atoms. The molecule has 4 nitrogen and oxygen atoms in total. The fourth-order valence-corrected chi connectivity index (χ4v) is 2.71. The lowest BCUT2D eigenvalue weighted by atomic mass is 10.1. The fourth-order valence-electron chi connectivity index (χ4n) is 2.49. The first-order valence-electron chi connectivity index (χ1n) is 8.18. The minimum atomic E-state index is -0.806. The smallest absolute Gasteiger partial charge is 0.263 e. The maximum atomic E-state index is 14.0. The number of amides is 1. The van der Waals surface area contributed by atoms with Gasteiger partial charge in [0, 0.05) is 24.2 Å². The van der Waals surface area contributed by atoms with Gasteiger partial charge in [-0.2, -0.15) is 5.26 Å². The Balaban J connectivity index is 2.21. The van der Waals surface area contributed by atoms with E-state index in [-0.39, 0.29) is 29.0 Å². The van der Waals surface area contributed by atoms with E-state index < -0.39 is 11.9 Å². The number of hydrogen-bond donors (Lipinski definition) is 0. The summed E-state index contributed by atoms with van der Waals surface area (Å²) in [5.41, 5.74) is 0.607. The molecule has 0 spiro atoms. The molecule has 0 aliphatic heterocycles. The molecule has 1 amide bonds. The molecule has 2 aromatic carbocycles. The van der Waals surface area contributed by atoms with Gasteiger partial charge < -0.3 is 9.64 Å². The molecule has 0 fully saturated rings. The predicted molar refractivity (Wildman–Crippen MR) is 98.3 cm³/mol. The molecule has 0 saturated heterocycles. The zero-order valence-corrected chi connectivity index (χ0v) is 15.6. The summed E-state index contributed by atoms with van der Waals surface area (Å²) >= 11 is 6.04. The zero-order valence-electron chi connectivity index (χ0n) is 14.9. The minimum Gasteiger partial charge on any atom is -0.479 e. The number of carbonyl (C=O) groups is 1. The Morgan fingerprint density at radius 3 is 2.58 bits per heavy atom. The van der Waals surface area contributed by atoms with E-state index in [0.717, 1.165) is 0 Å². The second kappa shape index (κ2) is 8.68. The summed E-state index contributed by atoms with van der Waals surface area (Å²) < 4.78 is 19.8. The minimum absolute atomic E-state index is 0.0246. The summed E-state index contributed by atoms with van der Waals surface area (Å²) in [4.78, 5) is 14.2. The van der Waals surface area contributed by atoms with Gasteiger partial charge in [-0.3, -0.25) is 4.79 Å². The molecular formula is C20H20ClFN2O2. The third-order valence-electron chi connectivity index (χ3n) is 3.94. The van der Waals surface area contributed by atoms with Crippen molar-refractivity contribution in [2.45, 2.75) is 26.5 Å². The van der Waals surface area contributed by atoms with Crippen molar-refractivity contribution < 1.29 is 13.9 Å². The number of rotatable bonds is 6. The van der Waals surface area contributed by atoms with Gasteiger partial charge in [0.1, 0.15) is 17.6 Å². The molecule has 0 N–H and O–H groups in total. The van der Waals surface area contributed by atoms with Crippen LogP contribution in [0.4, 0.5) is 4.39 Å². The van der Waals surface area contributed by atoms with Crippen molar-refractivity contribution in [2.75, 3.05) is 7.05 Å². The van der Waals surface area contributed by atoms with Crippen LogP contribution in [0.3, 0.4) is 0 Å². The number of benzene rings is 2. The molecule has 0 bridgehead atoms. The van der Waals surface area contributed by atoms with Crippen LogP contribution in [-0.4, -0.2) is 24.0 Å². The molecule has 0 aromatic heterocycles. The van der Waals surface area contributed by atoms with E-state index in [1.165, 1.54) is 17.0 Å². The van der Waals surface area contributed by atoms with Gasteiger partial charge in [0.15, 0.2) is 6.10 Å². The second-order valence-electron chi connectivity index (χ2n) is 6.28. The standard InChI is InChI=1S/C20H20ClFN2O2/c1-13(2)19(26-18-10-5-4-7-14(18)11-23)20(25)24(3)12-15-16(21)8-6-9-17(15)22/h4-10,13,19H,12H2,1-3H3. The fraction of sp³-hybridized carbons (Fsp3) is 0.300. The largest absolute Gasteiger partial charge is 0.479 e. The zero-order chi connectivity index (χ0) is 19.3. The van der Waals surface area contributed by atoms with E-state index in [1.54, 1.807) is 37.4 Å². The van der Waals surface area contributed by atoms with E-state index in [2.05, 4.69) is 0 Å². The number of halogens is 2. The second-order valence-corrected chi connectivity index (χ2v) is 6.69. The van der Waals surface area contributed by atoms with E-state index in [1.807, 2.05) is 19.9 Å². The van der Waals surface area contributed by atoms with Gasteiger partial charge in [0.2, 0.25) is 0 Å². The highest BCUT2D eigenvalue weighted by Crippen LogP contribution is 2.24. The van der Waals surface area contributed by atoms with Crippen LogP contribution < -0.4 is 4.74 Å². The molecule has 0 aliphatic carbocycles. The van der Waals surface area contributed by atoms with Crippen LogP contribution in [0.5, 0.6) is 5.75 Å². The van der Waals surface area contributed by atoms with Crippen LogP contribution in [0.15, 0.2) is 42.5 Å². The summed E-state index contributed by atoms with van der Waals surface area (Å²) in [6.07, 6.45) is -0.806. The van der Waals surface area contributed by atoms with Crippen molar-refractivity contribution in [3.8, 4) is 11.8 Å². The van der Waals surface area contributed by atoms with Crippen LogP contribution in [-0.2, 0) is 11.3 Å².